The Morgan fingerprint density at radius 1 is 1.42 bits per heavy atom. The van der Waals surface area contributed by atoms with Crippen LogP contribution in [0.5, 0.6) is 0 Å². The minimum absolute atomic E-state index is 0.280. The second-order valence-corrected chi connectivity index (χ2v) is 4.22. The van der Waals surface area contributed by atoms with E-state index in [-0.39, 0.29) is 5.54 Å². The van der Waals surface area contributed by atoms with Crippen LogP contribution in [0.4, 0.5) is 5.82 Å². The number of hydrogen-bond donors (Lipinski definition) is 1. The van der Waals surface area contributed by atoms with Crippen LogP contribution in [0, 0.1) is 0 Å². The lowest BCUT2D eigenvalue weighted by Crippen LogP contribution is -2.16. The molecule has 0 unspecified atom stereocenters. The second-order valence-electron chi connectivity index (χ2n) is 3.41. The van der Waals surface area contributed by atoms with Gasteiger partial charge in [0.25, 0.3) is 0 Å². The summed E-state index contributed by atoms with van der Waals surface area (Å²) in [5.41, 5.74) is 0.280. The van der Waals surface area contributed by atoms with Crippen LogP contribution in [0.25, 0.3) is 0 Å². The Labute approximate surface area is 79.7 Å². The quantitative estimate of drug-likeness (QED) is 0.843. The van der Waals surface area contributed by atoms with E-state index in [0.717, 1.165) is 10.4 Å². The summed E-state index contributed by atoms with van der Waals surface area (Å²) in [7, 11) is 0. The maximum absolute atomic E-state index is 4.18. The molecule has 2 rings (SSSR count). The highest BCUT2D eigenvalue weighted by Crippen LogP contribution is 2.37. The molecule has 0 atom stereocenters. The van der Waals surface area contributed by atoms with Crippen LogP contribution in [0.2, 0.25) is 0 Å². The van der Waals surface area contributed by atoms with Gasteiger partial charge in [-0.05, 0) is 35.7 Å². The average Bonchev–Trinajstić information content (AvgIpc) is 2.74. The van der Waals surface area contributed by atoms with Gasteiger partial charge in [0.05, 0.1) is 12.4 Å². The molecule has 0 spiro atoms. The van der Waals surface area contributed by atoms with Crippen molar-refractivity contribution in [3.8, 4) is 0 Å². The van der Waals surface area contributed by atoms with Gasteiger partial charge in [0.2, 0.25) is 0 Å². The molecule has 0 amide bonds. The van der Waals surface area contributed by atoms with E-state index in [1.807, 2.05) is 0 Å². The van der Waals surface area contributed by atoms with Gasteiger partial charge in [-0.2, -0.15) is 0 Å². The molecule has 1 aliphatic carbocycles. The number of aromatic nitrogens is 2. The standard InChI is InChI=1S/C8H10BrN3/c1-8(2-3-8)12-7-5-10-6(9)4-11-7/h4-5H,2-3H2,1H3,(H,11,12). The van der Waals surface area contributed by atoms with E-state index in [9.17, 15) is 0 Å². The summed E-state index contributed by atoms with van der Waals surface area (Å²) >= 11 is 3.24. The Kier molecular flexibility index (Phi) is 1.79. The Bertz CT molecular complexity index is 279. The first-order valence-electron chi connectivity index (χ1n) is 3.94. The van der Waals surface area contributed by atoms with Gasteiger partial charge in [-0.25, -0.2) is 9.97 Å². The van der Waals surface area contributed by atoms with Gasteiger partial charge in [-0.1, -0.05) is 0 Å². The molecule has 4 heteroatoms. The molecule has 0 aromatic carbocycles. The monoisotopic (exact) mass is 227 g/mol. The average molecular weight is 228 g/mol. The molecule has 3 nitrogen and oxygen atoms in total. The van der Waals surface area contributed by atoms with Crippen LogP contribution >= 0.6 is 15.9 Å². The summed E-state index contributed by atoms with van der Waals surface area (Å²) in [5.74, 6) is 0.859. The minimum atomic E-state index is 0.280. The van der Waals surface area contributed by atoms with Crippen molar-refractivity contribution in [2.75, 3.05) is 5.32 Å². The number of anilines is 1. The smallest absolute Gasteiger partial charge is 0.144 e. The summed E-state index contributed by atoms with van der Waals surface area (Å²) < 4.78 is 0.772. The van der Waals surface area contributed by atoms with E-state index in [2.05, 4.69) is 38.1 Å². The van der Waals surface area contributed by atoms with Gasteiger partial charge >= 0.3 is 0 Å². The highest BCUT2D eigenvalue weighted by atomic mass is 79.9. The molecule has 64 valence electrons. The fraction of sp³-hybridized carbons (Fsp3) is 0.500. The largest absolute Gasteiger partial charge is 0.364 e. The van der Waals surface area contributed by atoms with Gasteiger partial charge in [-0.3, -0.25) is 0 Å². The molecule has 0 saturated heterocycles. The van der Waals surface area contributed by atoms with E-state index < -0.39 is 0 Å². The zero-order chi connectivity index (χ0) is 8.60. The number of rotatable bonds is 2. The second kappa shape index (κ2) is 2.69. The van der Waals surface area contributed by atoms with E-state index in [4.69, 9.17) is 0 Å². The van der Waals surface area contributed by atoms with Crippen molar-refractivity contribution >= 4 is 21.7 Å². The first-order chi connectivity index (χ1) is 5.68. The van der Waals surface area contributed by atoms with E-state index in [1.165, 1.54) is 12.8 Å². The summed E-state index contributed by atoms with van der Waals surface area (Å²) in [6, 6.07) is 0. The first kappa shape index (κ1) is 7.98. The topological polar surface area (TPSA) is 37.8 Å². The molecule has 0 bridgehead atoms. The third-order valence-corrected chi connectivity index (χ3v) is 2.46. The van der Waals surface area contributed by atoms with E-state index >= 15 is 0 Å². The lowest BCUT2D eigenvalue weighted by atomic mass is 10.3. The summed E-state index contributed by atoms with van der Waals surface area (Å²) in [6.45, 7) is 2.19. The molecule has 0 aliphatic heterocycles. The predicted octanol–water partition coefficient (Wildman–Crippen LogP) is 2.20. The van der Waals surface area contributed by atoms with Crippen LogP contribution in [0.15, 0.2) is 17.0 Å². The lowest BCUT2D eigenvalue weighted by molar-refractivity contribution is 0.818. The fourth-order valence-corrected chi connectivity index (χ4v) is 1.20. The third-order valence-electron chi connectivity index (χ3n) is 2.05. The van der Waals surface area contributed by atoms with Crippen molar-refractivity contribution in [1.29, 1.82) is 0 Å². The molecule has 0 radical (unpaired) electrons. The van der Waals surface area contributed by atoms with Crippen LogP contribution in [0.1, 0.15) is 19.8 Å². The summed E-state index contributed by atoms with van der Waals surface area (Å²) in [6.07, 6.45) is 5.90. The number of halogens is 1. The molecule has 1 heterocycles. The lowest BCUT2D eigenvalue weighted by Gasteiger charge is -2.10. The van der Waals surface area contributed by atoms with Gasteiger partial charge in [-0.15, -0.1) is 0 Å². The Balaban J connectivity index is 2.08. The highest BCUT2D eigenvalue weighted by Gasteiger charge is 2.37. The molecule has 1 saturated carbocycles. The number of nitrogens with zero attached hydrogens (tertiary/aromatic N) is 2. The molecule has 1 fully saturated rings. The van der Waals surface area contributed by atoms with Crippen molar-refractivity contribution in [3.05, 3.63) is 17.0 Å². The molecular formula is C8H10BrN3. The first-order valence-corrected chi connectivity index (χ1v) is 4.73. The van der Waals surface area contributed by atoms with Gasteiger partial charge in [0.1, 0.15) is 10.4 Å². The van der Waals surface area contributed by atoms with E-state index in [0.29, 0.717) is 0 Å². The number of hydrogen-bond acceptors (Lipinski definition) is 3. The zero-order valence-electron chi connectivity index (χ0n) is 6.84. The van der Waals surface area contributed by atoms with E-state index in [1.54, 1.807) is 12.4 Å². The summed E-state index contributed by atoms with van der Waals surface area (Å²) in [5, 5.41) is 3.32. The maximum atomic E-state index is 4.18. The molecule has 1 aliphatic rings. The van der Waals surface area contributed by atoms with Crippen molar-refractivity contribution in [2.24, 2.45) is 0 Å². The SMILES string of the molecule is CC1(Nc2cnc(Br)cn2)CC1. The zero-order valence-corrected chi connectivity index (χ0v) is 8.43. The highest BCUT2D eigenvalue weighted by molar-refractivity contribution is 9.10. The van der Waals surface area contributed by atoms with Crippen LogP contribution in [-0.2, 0) is 0 Å². The summed E-state index contributed by atoms with van der Waals surface area (Å²) in [4.78, 5) is 8.27. The van der Waals surface area contributed by atoms with Crippen molar-refractivity contribution in [1.82, 2.24) is 9.97 Å². The van der Waals surface area contributed by atoms with Crippen LogP contribution in [0.3, 0.4) is 0 Å². The maximum Gasteiger partial charge on any atom is 0.144 e. The van der Waals surface area contributed by atoms with Gasteiger partial charge < -0.3 is 5.32 Å². The van der Waals surface area contributed by atoms with Crippen molar-refractivity contribution in [2.45, 2.75) is 25.3 Å². The van der Waals surface area contributed by atoms with Gasteiger partial charge in [0.15, 0.2) is 0 Å². The Morgan fingerprint density at radius 3 is 2.67 bits per heavy atom. The number of nitrogens with one attached hydrogen (secondary N) is 1. The molecule has 1 aromatic heterocycles. The van der Waals surface area contributed by atoms with Crippen LogP contribution in [-0.4, -0.2) is 15.5 Å². The van der Waals surface area contributed by atoms with Crippen molar-refractivity contribution in [3.63, 3.8) is 0 Å². The molecular weight excluding hydrogens is 218 g/mol. The predicted molar refractivity (Wildman–Crippen MR) is 51.0 cm³/mol. The normalized spacial score (nSPS) is 18.8. The molecule has 1 N–H and O–H groups in total. The molecule has 12 heavy (non-hydrogen) atoms. The van der Waals surface area contributed by atoms with Crippen molar-refractivity contribution < 1.29 is 0 Å². The third kappa shape index (κ3) is 1.75. The minimum Gasteiger partial charge on any atom is -0.364 e. The Hall–Kier alpha value is -0.640. The fourth-order valence-electron chi connectivity index (χ4n) is 0.999. The van der Waals surface area contributed by atoms with Gasteiger partial charge in [0, 0.05) is 5.54 Å². The Morgan fingerprint density at radius 2 is 2.17 bits per heavy atom. The molecule has 1 aromatic rings. The van der Waals surface area contributed by atoms with Crippen LogP contribution < -0.4 is 5.32 Å².